The van der Waals surface area contributed by atoms with Gasteiger partial charge < -0.3 is 5.11 Å². The van der Waals surface area contributed by atoms with E-state index in [1.54, 1.807) is 0 Å². The Morgan fingerprint density at radius 3 is 2.18 bits per heavy atom. The molecule has 66 valence electrons. The number of hydrogen-bond donors (Lipinski definition) is 1. The molecule has 1 N–H and O–H groups in total. The largest absolute Gasteiger partial charge is 0.385 e. The third-order valence-electron chi connectivity index (χ3n) is 1.93. The van der Waals surface area contributed by atoms with Crippen molar-refractivity contribution in [1.82, 2.24) is 0 Å². The summed E-state index contributed by atoms with van der Waals surface area (Å²) in [6.07, 6.45) is 1.39. The molecule has 0 aromatic rings. The number of rotatable bonds is 3. The highest BCUT2D eigenvalue weighted by atomic mass is 16.3. The first-order chi connectivity index (χ1) is 4.63. The highest BCUT2D eigenvalue weighted by Crippen LogP contribution is 2.33. The fourth-order valence-electron chi connectivity index (χ4n) is 0.986. The number of Topliss-reactive ketones (excluding diaryl/α,β-unsaturated/α-hetero) is 1. The van der Waals surface area contributed by atoms with Crippen LogP contribution in [0.3, 0.4) is 0 Å². The second-order valence-electron chi connectivity index (χ2n) is 3.34. The second-order valence-corrected chi connectivity index (χ2v) is 3.34. The van der Waals surface area contributed by atoms with Gasteiger partial charge in [0.2, 0.25) is 0 Å². The Hall–Kier alpha value is -0.370. The van der Waals surface area contributed by atoms with E-state index in [0.717, 1.165) is 12.8 Å². The predicted molar refractivity (Wildman–Crippen MR) is 45.3 cm³/mol. The van der Waals surface area contributed by atoms with Crippen LogP contribution in [0, 0.1) is 11.8 Å². The number of aliphatic hydroxyl groups is 1. The first-order valence-electron chi connectivity index (χ1n) is 3.84. The molecule has 1 atom stereocenters. The summed E-state index contributed by atoms with van der Waals surface area (Å²) in [6.45, 7) is 3.65. The summed E-state index contributed by atoms with van der Waals surface area (Å²) in [6, 6.07) is 0. The van der Waals surface area contributed by atoms with Crippen LogP contribution in [0.5, 0.6) is 0 Å². The summed E-state index contributed by atoms with van der Waals surface area (Å²) in [7, 11) is 0. The summed E-state index contributed by atoms with van der Waals surface area (Å²) in [5.41, 5.74) is 0. The number of carbonyl (C=O) groups is 1. The summed E-state index contributed by atoms with van der Waals surface area (Å²) in [5, 5.41) is 9.28. The molecule has 1 unspecified atom stereocenters. The molecule has 11 heavy (non-hydrogen) atoms. The van der Waals surface area contributed by atoms with Crippen LogP contribution in [0.2, 0.25) is 0 Å². The van der Waals surface area contributed by atoms with Crippen molar-refractivity contribution in [3.63, 3.8) is 0 Å². The van der Waals surface area contributed by atoms with Crippen LogP contribution in [0.1, 0.15) is 34.1 Å². The zero-order valence-corrected chi connectivity index (χ0v) is 6.50. The van der Waals surface area contributed by atoms with Gasteiger partial charge in [0.05, 0.1) is 0 Å². The Morgan fingerprint density at radius 1 is 1.45 bits per heavy atom. The number of ketones is 1. The number of hydrogen-bond acceptors (Lipinski definition) is 2. The molecule has 0 heterocycles. The van der Waals surface area contributed by atoms with Crippen LogP contribution in [0.25, 0.3) is 0 Å². The van der Waals surface area contributed by atoms with Gasteiger partial charge in [-0.1, -0.05) is 21.3 Å². The molecule has 1 rings (SSSR count). The summed E-state index contributed by atoms with van der Waals surface area (Å²) in [5.74, 6) is 0.271. The van der Waals surface area contributed by atoms with E-state index >= 15 is 0 Å². The molecule has 0 saturated heterocycles. The minimum absolute atomic E-state index is 0. The van der Waals surface area contributed by atoms with E-state index in [0.29, 0.717) is 0 Å². The van der Waals surface area contributed by atoms with Crippen molar-refractivity contribution in [3.05, 3.63) is 0 Å². The van der Waals surface area contributed by atoms with E-state index in [1.165, 1.54) is 0 Å². The van der Waals surface area contributed by atoms with Gasteiger partial charge >= 0.3 is 0 Å². The van der Waals surface area contributed by atoms with Crippen molar-refractivity contribution in [2.24, 2.45) is 11.8 Å². The number of carbonyl (C=O) groups excluding carboxylic acids is 1. The molecule has 0 bridgehead atoms. The molecule has 0 radical (unpaired) electrons. The highest BCUT2D eigenvalue weighted by molar-refractivity contribution is 5.85. The van der Waals surface area contributed by atoms with E-state index in [2.05, 4.69) is 0 Å². The van der Waals surface area contributed by atoms with Gasteiger partial charge in [-0.25, -0.2) is 0 Å². The predicted octanol–water partition coefficient (Wildman–Crippen LogP) is 1.62. The van der Waals surface area contributed by atoms with E-state index < -0.39 is 6.10 Å². The van der Waals surface area contributed by atoms with Gasteiger partial charge in [-0.05, 0) is 18.8 Å². The van der Waals surface area contributed by atoms with Crippen LogP contribution >= 0.6 is 0 Å². The first-order valence-corrected chi connectivity index (χ1v) is 3.84. The first kappa shape index (κ1) is 10.6. The lowest BCUT2D eigenvalue weighted by Crippen LogP contribution is -2.26. The maximum absolute atomic E-state index is 11.1. The van der Waals surface area contributed by atoms with Gasteiger partial charge in [-0.15, -0.1) is 0 Å². The van der Waals surface area contributed by atoms with Gasteiger partial charge in [0.15, 0.2) is 5.78 Å². The summed E-state index contributed by atoms with van der Waals surface area (Å²) in [4.78, 5) is 11.1. The van der Waals surface area contributed by atoms with Gasteiger partial charge in [-0.3, -0.25) is 4.79 Å². The van der Waals surface area contributed by atoms with Crippen molar-refractivity contribution >= 4 is 5.78 Å². The topological polar surface area (TPSA) is 37.3 Å². The third kappa shape index (κ3) is 2.62. The van der Waals surface area contributed by atoms with Gasteiger partial charge in [0.1, 0.15) is 6.10 Å². The zero-order valence-electron chi connectivity index (χ0n) is 6.50. The second kappa shape index (κ2) is 3.86. The quantitative estimate of drug-likeness (QED) is 0.677. The fourth-order valence-corrected chi connectivity index (χ4v) is 0.986. The van der Waals surface area contributed by atoms with Crippen LogP contribution in [0.15, 0.2) is 0 Å². The van der Waals surface area contributed by atoms with Crippen molar-refractivity contribution in [2.75, 3.05) is 0 Å². The Labute approximate surface area is 68.6 Å². The molecule has 0 aromatic carbocycles. The van der Waals surface area contributed by atoms with E-state index in [1.807, 2.05) is 13.8 Å². The van der Waals surface area contributed by atoms with Gasteiger partial charge in [-0.2, -0.15) is 0 Å². The van der Waals surface area contributed by atoms with Crippen molar-refractivity contribution in [2.45, 2.75) is 40.2 Å². The Balaban J connectivity index is 0.000001000. The Morgan fingerprint density at radius 2 is 1.91 bits per heavy atom. The van der Waals surface area contributed by atoms with Crippen molar-refractivity contribution < 1.29 is 9.90 Å². The molecular formula is C9H18O2. The monoisotopic (exact) mass is 158 g/mol. The average molecular weight is 158 g/mol. The average Bonchev–Trinajstić information content (AvgIpc) is 2.65. The summed E-state index contributed by atoms with van der Waals surface area (Å²) >= 11 is 0. The van der Waals surface area contributed by atoms with Gasteiger partial charge in [0.25, 0.3) is 0 Å². The van der Waals surface area contributed by atoms with E-state index in [9.17, 15) is 9.90 Å². The van der Waals surface area contributed by atoms with Crippen molar-refractivity contribution in [1.29, 1.82) is 0 Å². The lowest BCUT2D eigenvalue weighted by molar-refractivity contribution is -0.131. The molecule has 2 nitrogen and oxygen atoms in total. The molecule has 1 fully saturated rings. The summed E-state index contributed by atoms with van der Waals surface area (Å²) < 4.78 is 0. The molecule has 1 aliphatic rings. The zero-order chi connectivity index (χ0) is 7.72. The maximum atomic E-state index is 11.1. The highest BCUT2D eigenvalue weighted by Gasteiger charge is 2.35. The van der Waals surface area contributed by atoms with Crippen LogP contribution < -0.4 is 0 Å². The SMILES string of the molecule is C.CC(C)C(=O)C(O)C1CC1. The van der Waals surface area contributed by atoms with Crippen LogP contribution in [-0.2, 0) is 4.79 Å². The van der Waals surface area contributed by atoms with Gasteiger partial charge in [0, 0.05) is 5.92 Å². The molecule has 1 saturated carbocycles. The van der Waals surface area contributed by atoms with E-state index in [4.69, 9.17) is 0 Å². The minimum atomic E-state index is -0.667. The minimum Gasteiger partial charge on any atom is -0.385 e. The molecule has 0 aromatic heterocycles. The Bertz CT molecular complexity index is 136. The van der Waals surface area contributed by atoms with Crippen LogP contribution in [-0.4, -0.2) is 17.0 Å². The third-order valence-corrected chi connectivity index (χ3v) is 1.93. The molecule has 0 amide bonds. The molecule has 0 aliphatic heterocycles. The van der Waals surface area contributed by atoms with Crippen LogP contribution in [0.4, 0.5) is 0 Å². The number of aliphatic hydroxyl groups excluding tert-OH is 1. The Kier molecular flexibility index (Phi) is 3.73. The lowest BCUT2D eigenvalue weighted by Gasteiger charge is -2.09. The molecule has 0 spiro atoms. The smallest absolute Gasteiger partial charge is 0.164 e. The molecule has 1 aliphatic carbocycles. The van der Waals surface area contributed by atoms with Crippen molar-refractivity contribution in [3.8, 4) is 0 Å². The van der Waals surface area contributed by atoms with E-state index in [-0.39, 0.29) is 25.0 Å². The molecular weight excluding hydrogens is 140 g/mol. The lowest BCUT2D eigenvalue weighted by atomic mass is 10.0. The maximum Gasteiger partial charge on any atom is 0.164 e. The fraction of sp³-hybridized carbons (Fsp3) is 0.889. The normalized spacial score (nSPS) is 19.3. The standard InChI is InChI=1S/C8H14O2.CH4/c1-5(2)7(9)8(10)6-3-4-6;/h5-6,8,10H,3-4H2,1-2H3;1H4. The molecule has 2 heteroatoms.